The van der Waals surface area contributed by atoms with E-state index in [1.165, 1.54) is 24.0 Å². The molecule has 0 heterocycles. The summed E-state index contributed by atoms with van der Waals surface area (Å²) in [6.45, 7) is 0.131. The molecule has 0 amide bonds. The molecule has 0 spiro atoms. The lowest BCUT2D eigenvalue weighted by molar-refractivity contribution is 0.282. The third kappa shape index (κ3) is 2.19. The van der Waals surface area contributed by atoms with E-state index in [0.717, 1.165) is 12.0 Å². The molecule has 18 heavy (non-hydrogen) atoms. The summed E-state index contributed by atoms with van der Waals surface area (Å²) in [5.41, 5.74) is 4.19. The first-order chi connectivity index (χ1) is 8.82. The van der Waals surface area contributed by atoms with Gasteiger partial charge in [0.2, 0.25) is 0 Å². The van der Waals surface area contributed by atoms with Gasteiger partial charge in [-0.2, -0.15) is 0 Å². The topological polar surface area (TPSA) is 20.2 Å². The number of aliphatic hydroxyl groups excluding tert-OH is 1. The molecule has 1 saturated carbocycles. The van der Waals surface area contributed by atoms with Crippen molar-refractivity contribution in [3.05, 3.63) is 71.3 Å². The van der Waals surface area contributed by atoms with Gasteiger partial charge in [0, 0.05) is 0 Å². The maximum Gasteiger partial charge on any atom is 0.0681 e. The van der Waals surface area contributed by atoms with Gasteiger partial charge in [-0.15, -0.1) is 0 Å². The first kappa shape index (κ1) is 11.5. The van der Waals surface area contributed by atoms with Gasteiger partial charge in [0.05, 0.1) is 6.61 Å². The zero-order valence-corrected chi connectivity index (χ0v) is 10.5. The van der Waals surface area contributed by atoms with Crippen LogP contribution in [0.25, 0.3) is 0 Å². The van der Waals surface area contributed by atoms with Crippen LogP contribution in [0.5, 0.6) is 0 Å². The van der Waals surface area contributed by atoms with Gasteiger partial charge in [0.15, 0.2) is 0 Å². The van der Waals surface area contributed by atoms with Gasteiger partial charge in [-0.05, 0) is 41.4 Å². The molecule has 0 aliphatic heterocycles. The minimum Gasteiger partial charge on any atom is -0.392 e. The molecule has 0 aromatic heterocycles. The third-order valence-electron chi connectivity index (χ3n) is 3.99. The van der Waals surface area contributed by atoms with Gasteiger partial charge in [-0.1, -0.05) is 54.6 Å². The van der Waals surface area contributed by atoms with Crippen molar-refractivity contribution in [1.29, 1.82) is 0 Å². The Morgan fingerprint density at radius 1 is 0.833 bits per heavy atom. The fourth-order valence-corrected chi connectivity index (χ4v) is 2.67. The van der Waals surface area contributed by atoms with E-state index in [-0.39, 0.29) is 6.61 Å². The molecule has 0 saturated heterocycles. The minimum absolute atomic E-state index is 0.131. The van der Waals surface area contributed by atoms with Gasteiger partial charge < -0.3 is 5.11 Å². The highest BCUT2D eigenvalue weighted by atomic mass is 16.3. The van der Waals surface area contributed by atoms with E-state index in [4.69, 9.17) is 5.11 Å². The van der Waals surface area contributed by atoms with Crippen LogP contribution in [0.3, 0.4) is 0 Å². The first-order valence-corrected chi connectivity index (χ1v) is 6.57. The van der Waals surface area contributed by atoms with Gasteiger partial charge in [-0.25, -0.2) is 0 Å². The lowest BCUT2D eigenvalue weighted by atomic mass is 9.88. The summed E-state index contributed by atoms with van der Waals surface area (Å²) in [5.74, 6) is 0. The van der Waals surface area contributed by atoms with E-state index in [2.05, 4.69) is 42.5 Å². The maximum absolute atomic E-state index is 9.08. The summed E-state index contributed by atoms with van der Waals surface area (Å²) >= 11 is 0. The van der Waals surface area contributed by atoms with Crippen LogP contribution in [0.1, 0.15) is 29.5 Å². The third-order valence-corrected chi connectivity index (χ3v) is 3.99. The molecule has 0 bridgehead atoms. The van der Waals surface area contributed by atoms with Crippen LogP contribution in [0.4, 0.5) is 0 Å². The fourth-order valence-electron chi connectivity index (χ4n) is 2.67. The van der Waals surface area contributed by atoms with Crippen molar-refractivity contribution in [3.8, 4) is 0 Å². The average molecular weight is 238 g/mol. The second-order valence-corrected chi connectivity index (χ2v) is 5.30. The highest BCUT2D eigenvalue weighted by Gasteiger charge is 2.43. The Labute approximate surface area is 108 Å². The summed E-state index contributed by atoms with van der Waals surface area (Å²) < 4.78 is 0. The molecule has 3 rings (SSSR count). The predicted octanol–water partition coefficient (Wildman–Crippen LogP) is 3.45. The molecule has 0 unspecified atom stereocenters. The van der Waals surface area contributed by atoms with Crippen LogP contribution in [0.2, 0.25) is 0 Å². The number of aliphatic hydroxyl groups is 1. The maximum atomic E-state index is 9.08. The summed E-state index contributed by atoms with van der Waals surface area (Å²) in [6.07, 6.45) is 3.69. The SMILES string of the molecule is OCc1ccc(C2(Cc3ccccc3)CC2)cc1. The van der Waals surface area contributed by atoms with Crippen molar-refractivity contribution in [1.82, 2.24) is 0 Å². The standard InChI is InChI=1S/C17H18O/c18-13-15-6-8-16(9-7-15)17(10-11-17)12-14-4-2-1-3-5-14/h1-9,18H,10-13H2. The Kier molecular flexibility index (Phi) is 2.92. The molecular formula is C17H18O. The zero-order valence-electron chi connectivity index (χ0n) is 10.5. The molecule has 1 N–H and O–H groups in total. The van der Waals surface area contributed by atoms with E-state index in [1.807, 2.05) is 12.1 Å². The summed E-state index contributed by atoms with van der Waals surface area (Å²) in [7, 11) is 0. The van der Waals surface area contributed by atoms with Gasteiger partial charge in [0.25, 0.3) is 0 Å². The minimum atomic E-state index is 0.131. The zero-order chi connectivity index (χ0) is 12.4. The number of benzene rings is 2. The molecule has 1 nitrogen and oxygen atoms in total. The van der Waals surface area contributed by atoms with Crippen molar-refractivity contribution in [3.63, 3.8) is 0 Å². The fraction of sp³-hybridized carbons (Fsp3) is 0.294. The Morgan fingerprint density at radius 3 is 2.06 bits per heavy atom. The Bertz CT molecular complexity index is 509. The molecule has 1 aliphatic carbocycles. The van der Waals surface area contributed by atoms with E-state index >= 15 is 0 Å². The normalized spacial score (nSPS) is 16.5. The van der Waals surface area contributed by atoms with Crippen molar-refractivity contribution in [2.45, 2.75) is 31.3 Å². The van der Waals surface area contributed by atoms with E-state index in [9.17, 15) is 0 Å². The summed E-state index contributed by atoms with van der Waals surface area (Å²) in [5, 5.41) is 9.08. The quantitative estimate of drug-likeness (QED) is 0.865. The van der Waals surface area contributed by atoms with Crippen molar-refractivity contribution < 1.29 is 5.11 Å². The van der Waals surface area contributed by atoms with Gasteiger partial charge >= 0.3 is 0 Å². The van der Waals surface area contributed by atoms with Crippen molar-refractivity contribution >= 4 is 0 Å². The smallest absolute Gasteiger partial charge is 0.0681 e. The molecular weight excluding hydrogens is 220 g/mol. The van der Waals surface area contributed by atoms with Crippen LogP contribution in [-0.2, 0) is 18.4 Å². The van der Waals surface area contributed by atoms with Crippen LogP contribution in [0.15, 0.2) is 54.6 Å². The van der Waals surface area contributed by atoms with Gasteiger partial charge in [0.1, 0.15) is 0 Å². The molecule has 1 fully saturated rings. The average Bonchev–Trinajstić information content (AvgIpc) is 3.21. The van der Waals surface area contributed by atoms with E-state index in [0.29, 0.717) is 5.41 Å². The van der Waals surface area contributed by atoms with Crippen LogP contribution >= 0.6 is 0 Å². The highest BCUT2D eigenvalue weighted by Crippen LogP contribution is 2.50. The Morgan fingerprint density at radius 2 is 1.50 bits per heavy atom. The predicted molar refractivity (Wildman–Crippen MR) is 73.4 cm³/mol. The van der Waals surface area contributed by atoms with E-state index in [1.54, 1.807) is 0 Å². The molecule has 92 valence electrons. The highest BCUT2D eigenvalue weighted by molar-refractivity contribution is 5.36. The van der Waals surface area contributed by atoms with Gasteiger partial charge in [-0.3, -0.25) is 0 Å². The Hall–Kier alpha value is -1.60. The molecule has 1 heteroatoms. The number of hydrogen-bond acceptors (Lipinski definition) is 1. The van der Waals surface area contributed by atoms with Crippen molar-refractivity contribution in [2.75, 3.05) is 0 Å². The molecule has 2 aromatic rings. The molecule has 1 aliphatic rings. The summed E-state index contributed by atoms with van der Waals surface area (Å²) in [4.78, 5) is 0. The number of hydrogen-bond donors (Lipinski definition) is 1. The summed E-state index contributed by atoms with van der Waals surface area (Å²) in [6, 6.07) is 19.2. The first-order valence-electron chi connectivity index (χ1n) is 6.57. The number of rotatable bonds is 4. The lowest BCUT2D eigenvalue weighted by Gasteiger charge is -2.16. The lowest BCUT2D eigenvalue weighted by Crippen LogP contribution is -2.10. The molecule has 0 atom stereocenters. The van der Waals surface area contributed by atoms with Crippen LogP contribution in [-0.4, -0.2) is 5.11 Å². The monoisotopic (exact) mass is 238 g/mol. The van der Waals surface area contributed by atoms with E-state index < -0.39 is 0 Å². The second-order valence-electron chi connectivity index (χ2n) is 5.30. The van der Waals surface area contributed by atoms with Crippen molar-refractivity contribution in [2.24, 2.45) is 0 Å². The molecule has 2 aromatic carbocycles. The van der Waals surface area contributed by atoms with Crippen LogP contribution < -0.4 is 0 Å². The molecule has 0 radical (unpaired) electrons. The largest absolute Gasteiger partial charge is 0.392 e. The second kappa shape index (κ2) is 4.58. The van der Waals surface area contributed by atoms with Crippen LogP contribution in [0, 0.1) is 0 Å². The Balaban J connectivity index is 1.82.